The number of piperazine rings is 1. The normalized spacial score (nSPS) is 19.3. The van der Waals surface area contributed by atoms with Gasteiger partial charge in [-0.2, -0.15) is 0 Å². The summed E-state index contributed by atoms with van der Waals surface area (Å²) in [5, 5.41) is 8.85. The van der Waals surface area contributed by atoms with Crippen molar-refractivity contribution in [1.29, 1.82) is 0 Å². The fourth-order valence-corrected chi connectivity index (χ4v) is 7.79. The number of aromatic nitrogens is 1. The zero-order chi connectivity index (χ0) is 38.4. The summed E-state index contributed by atoms with van der Waals surface area (Å²) < 4.78 is 19.3. The lowest BCUT2D eigenvalue weighted by Crippen LogP contribution is -2.53. The van der Waals surface area contributed by atoms with Gasteiger partial charge in [-0.3, -0.25) is 24.4 Å². The highest BCUT2D eigenvalue weighted by atomic mass is 35.5. The number of thiazole rings is 1. The molecule has 3 atom stereocenters. The van der Waals surface area contributed by atoms with Crippen molar-refractivity contribution in [3.05, 3.63) is 92.3 Å². The molecule has 16 heteroatoms. The number of ketones is 1. The molecule has 286 valence electrons. The molecule has 54 heavy (non-hydrogen) atoms. The molecule has 0 radical (unpaired) electrons. The molecule has 3 aliphatic rings. The summed E-state index contributed by atoms with van der Waals surface area (Å²) in [6, 6.07) is 10.3. The maximum atomic E-state index is 14.0. The molecule has 2 fully saturated rings. The van der Waals surface area contributed by atoms with Crippen LogP contribution < -0.4 is 21.3 Å². The van der Waals surface area contributed by atoms with Gasteiger partial charge in [-0.05, 0) is 62.4 Å². The lowest BCUT2D eigenvalue weighted by molar-refractivity contribution is -0.136. The van der Waals surface area contributed by atoms with E-state index in [0.717, 1.165) is 24.1 Å². The first-order valence-electron chi connectivity index (χ1n) is 18.0. The molecule has 6 rings (SSSR count). The van der Waals surface area contributed by atoms with Crippen LogP contribution in [0.25, 0.3) is 0 Å². The second-order valence-electron chi connectivity index (χ2n) is 13.6. The van der Waals surface area contributed by atoms with E-state index in [-0.39, 0.29) is 34.4 Å². The number of unbranched alkanes of at least 4 members (excludes halogenated alkanes) is 1. The maximum absolute atomic E-state index is 14.0. The first-order chi connectivity index (χ1) is 26.0. The van der Waals surface area contributed by atoms with Crippen LogP contribution in [-0.2, 0) is 25.5 Å². The first-order valence-corrected chi connectivity index (χ1v) is 19.2. The molecule has 0 aliphatic carbocycles. The third-order valence-electron chi connectivity index (χ3n) is 9.92. The van der Waals surface area contributed by atoms with Gasteiger partial charge in [0.2, 0.25) is 5.91 Å². The van der Waals surface area contributed by atoms with Gasteiger partial charge in [0.15, 0.2) is 10.8 Å². The van der Waals surface area contributed by atoms with Crippen LogP contribution in [-0.4, -0.2) is 103 Å². The second-order valence-corrected chi connectivity index (χ2v) is 14.9. The number of fused-ring (bicyclic) bond motifs is 1. The number of Topliss-reactive ketones (excluding diaryl/α,β-unsaturated/α-hetero) is 1. The Labute approximate surface area is 322 Å². The maximum Gasteiger partial charge on any atom is 0.338 e. The van der Waals surface area contributed by atoms with E-state index < -0.39 is 23.9 Å². The molecule has 4 N–H and O–H groups in total. The monoisotopic (exact) mass is 778 g/mol. The van der Waals surface area contributed by atoms with Crippen LogP contribution in [0, 0.1) is 5.82 Å². The molecule has 0 unspecified atom stereocenters. The fraction of sp³-hybridized carbons (Fsp3) is 0.421. The van der Waals surface area contributed by atoms with E-state index in [2.05, 4.69) is 20.5 Å². The number of nitrogens with one attached hydrogen (secondary N) is 2. The van der Waals surface area contributed by atoms with Crippen molar-refractivity contribution in [3.8, 4) is 0 Å². The second kappa shape index (κ2) is 17.6. The number of amides is 3. The molecule has 2 saturated heterocycles. The number of nitrogens with zero attached hydrogens (tertiary/aromatic N) is 5. The van der Waals surface area contributed by atoms with E-state index >= 15 is 0 Å². The fourth-order valence-electron chi connectivity index (χ4n) is 6.93. The zero-order valence-corrected chi connectivity index (χ0v) is 31.8. The van der Waals surface area contributed by atoms with Crippen molar-refractivity contribution in [2.45, 2.75) is 57.2 Å². The Morgan fingerprint density at radius 1 is 1.15 bits per heavy atom. The average Bonchev–Trinajstić information content (AvgIpc) is 3.82. The summed E-state index contributed by atoms with van der Waals surface area (Å²) in [7, 11) is 1.30. The van der Waals surface area contributed by atoms with Gasteiger partial charge >= 0.3 is 12.0 Å². The molecule has 3 aromatic rings. The van der Waals surface area contributed by atoms with E-state index in [1.165, 1.54) is 43.6 Å². The van der Waals surface area contributed by atoms with Gasteiger partial charge in [0.25, 0.3) is 0 Å². The van der Waals surface area contributed by atoms with Crippen LogP contribution in [0.3, 0.4) is 0 Å². The Hall–Kier alpha value is -4.70. The van der Waals surface area contributed by atoms with Gasteiger partial charge in [0.05, 0.1) is 24.8 Å². The number of hydrogen-bond acceptors (Lipinski definition) is 11. The number of halogens is 2. The molecule has 3 aliphatic heterocycles. The number of urea groups is 1. The molecule has 13 nitrogen and oxygen atoms in total. The lowest BCUT2D eigenvalue weighted by Gasteiger charge is -2.38. The predicted molar refractivity (Wildman–Crippen MR) is 205 cm³/mol. The number of hydrogen-bond donors (Lipinski definition) is 3. The number of aliphatic imine (C=N–C) groups is 1. The van der Waals surface area contributed by atoms with Crippen molar-refractivity contribution < 1.29 is 28.3 Å². The Morgan fingerprint density at radius 2 is 1.94 bits per heavy atom. The zero-order valence-electron chi connectivity index (χ0n) is 30.2. The smallest absolute Gasteiger partial charge is 0.338 e. The molecule has 2 aromatic carbocycles. The number of amidine groups is 1. The molecular formula is C38H44ClFN8O5S. The summed E-state index contributed by atoms with van der Waals surface area (Å²) in [6.07, 6.45) is 4.74. The number of anilines is 1. The van der Waals surface area contributed by atoms with Crippen molar-refractivity contribution >= 4 is 58.2 Å². The summed E-state index contributed by atoms with van der Waals surface area (Å²) >= 11 is 7.90. The highest BCUT2D eigenvalue weighted by Gasteiger charge is 2.42. The molecule has 1 aromatic heterocycles. The Kier molecular flexibility index (Phi) is 12.7. The largest absolute Gasteiger partial charge is 0.466 e. The Bertz CT molecular complexity index is 1920. The van der Waals surface area contributed by atoms with Crippen LogP contribution in [0.1, 0.15) is 54.8 Å². The predicted octanol–water partition coefficient (Wildman–Crippen LogP) is 4.22. The number of carbonyl (C=O) groups is 4. The number of carbonyl (C=O) groups excluding carboxylic acids is 4. The topological polar surface area (TPSA) is 163 Å². The minimum absolute atomic E-state index is 0.0247. The first kappa shape index (κ1) is 39.0. The van der Waals surface area contributed by atoms with Gasteiger partial charge in [-0.25, -0.2) is 19.0 Å². The third kappa shape index (κ3) is 9.14. The molecule has 0 saturated carbocycles. The Morgan fingerprint density at radius 3 is 2.65 bits per heavy atom. The highest BCUT2D eigenvalue weighted by molar-refractivity contribution is 7.11. The third-order valence-corrected chi connectivity index (χ3v) is 11.0. The number of ether oxygens (including phenoxy) is 1. The van der Waals surface area contributed by atoms with Crippen LogP contribution >= 0.6 is 22.9 Å². The van der Waals surface area contributed by atoms with Crippen molar-refractivity contribution in [3.63, 3.8) is 0 Å². The summed E-state index contributed by atoms with van der Waals surface area (Å²) in [6.45, 7) is 4.48. The van der Waals surface area contributed by atoms with E-state index in [1.807, 2.05) is 34.5 Å². The van der Waals surface area contributed by atoms with Gasteiger partial charge < -0.3 is 26.0 Å². The van der Waals surface area contributed by atoms with Gasteiger partial charge in [-0.1, -0.05) is 29.8 Å². The number of rotatable bonds is 15. The standard InChI is InChI=1S/C38H44ClFN8O5S/c1-23(49)30(41)5-3-4-14-42-32(50)13-8-24-6-10-26(11-7-24)48-21-27-20-46(16-17-47(27)38(48)52)22-31-33(37(51)53-2)34(28-12-9-25(40)19-29(28)39)45-35(44-31)36-43-15-18-54-36/h6-7,9-12,15,18-19,27,30,34H,3-5,8,13-14,16-17,20-22,41H2,1-2H3,(H,42,50)(H,44,45)/t27-,30-,34-/m0/s1. The lowest BCUT2D eigenvalue weighted by atomic mass is 9.95. The summed E-state index contributed by atoms with van der Waals surface area (Å²) in [5.41, 5.74) is 8.83. The Balaban J connectivity index is 1.08. The minimum atomic E-state index is -0.864. The van der Waals surface area contributed by atoms with Crippen molar-refractivity contribution in [2.24, 2.45) is 10.7 Å². The SMILES string of the molecule is COC(=O)C1=C(CN2CCN3C(=O)N(c4ccc(CCC(=O)NCCCC[C@H](N)C(C)=O)cc4)C[C@@H]3C2)NC(c2nccs2)=N[C@H]1c1ccc(F)cc1Cl. The quantitative estimate of drug-likeness (QED) is 0.152. The molecule has 3 amide bonds. The molecule has 4 heterocycles. The van der Waals surface area contributed by atoms with Crippen molar-refractivity contribution in [2.75, 3.05) is 51.3 Å². The summed E-state index contributed by atoms with van der Waals surface area (Å²) in [4.78, 5) is 65.7. The van der Waals surface area contributed by atoms with Crippen LogP contribution in [0.5, 0.6) is 0 Å². The number of nitrogens with two attached hydrogens (primary N) is 1. The van der Waals surface area contributed by atoms with E-state index in [0.29, 0.717) is 80.6 Å². The van der Waals surface area contributed by atoms with E-state index in [9.17, 15) is 23.6 Å². The molecular weight excluding hydrogens is 735 g/mol. The molecule has 0 bridgehead atoms. The van der Waals surface area contributed by atoms with Gasteiger partial charge in [0.1, 0.15) is 17.6 Å². The van der Waals surface area contributed by atoms with Crippen LogP contribution in [0.4, 0.5) is 14.9 Å². The number of aryl methyl sites for hydroxylation is 1. The highest BCUT2D eigenvalue weighted by Crippen LogP contribution is 2.37. The van der Waals surface area contributed by atoms with Gasteiger partial charge in [0, 0.05) is 79.2 Å². The average molecular weight is 779 g/mol. The summed E-state index contributed by atoms with van der Waals surface area (Å²) in [5.74, 6) is -0.686. The minimum Gasteiger partial charge on any atom is -0.466 e. The molecule has 0 spiro atoms. The van der Waals surface area contributed by atoms with E-state index in [1.54, 1.807) is 11.1 Å². The van der Waals surface area contributed by atoms with E-state index in [4.69, 9.17) is 27.1 Å². The number of esters is 1. The van der Waals surface area contributed by atoms with Crippen LogP contribution in [0.15, 0.2) is 70.3 Å². The van der Waals surface area contributed by atoms with Crippen molar-refractivity contribution in [1.82, 2.24) is 25.4 Å². The number of methoxy groups -OCH3 is 1. The van der Waals surface area contributed by atoms with Crippen LogP contribution in [0.2, 0.25) is 5.02 Å². The van der Waals surface area contributed by atoms with Gasteiger partial charge in [-0.15, -0.1) is 11.3 Å². The number of benzene rings is 2.